The van der Waals surface area contributed by atoms with Gasteiger partial charge in [-0.1, -0.05) is 36.4 Å². The third kappa shape index (κ3) is 4.29. The first-order valence-electron chi connectivity index (χ1n) is 7.94. The number of hydrogen-bond acceptors (Lipinski definition) is 3. The van der Waals surface area contributed by atoms with Gasteiger partial charge in [-0.15, -0.1) is 0 Å². The van der Waals surface area contributed by atoms with Gasteiger partial charge < -0.3 is 10.1 Å². The van der Waals surface area contributed by atoms with Gasteiger partial charge in [-0.3, -0.25) is 4.90 Å². The summed E-state index contributed by atoms with van der Waals surface area (Å²) in [6, 6.07) is 13.3. The molecule has 2 aromatic carbocycles. The summed E-state index contributed by atoms with van der Waals surface area (Å²) < 4.78 is 26.2. The summed E-state index contributed by atoms with van der Waals surface area (Å²) in [7, 11) is 1.83. The monoisotopic (exact) mass is 343 g/mol. The molecule has 0 aliphatic rings. The van der Waals surface area contributed by atoms with Gasteiger partial charge in [-0.05, 0) is 30.3 Å². The molecule has 2 N–H and O–H groups in total. The van der Waals surface area contributed by atoms with E-state index >= 15 is 0 Å². The van der Waals surface area contributed by atoms with Gasteiger partial charge in [0.05, 0.1) is 24.5 Å². The Morgan fingerprint density at radius 2 is 1.88 bits per heavy atom. The predicted molar refractivity (Wildman–Crippen MR) is 91.7 cm³/mol. The lowest BCUT2D eigenvalue weighted by atomic mass is 10.1. The van der Waals surface area contributed by atoms with Crippen molar-refractivity contribution in [3.05, 3.63) is 77.8 Å². The molecule has 6 heteroatoms. The minimum Gasteiger partial charge on any atom is -0.387 e. The number of aliphatic hydroxyl groups excluding tert-OH is 1. The third-order valence-electron chi connectivity index (χ3n) is 3.95. The molecule has 1 heterocycles. The maximum Gasteiger partial charge on any atom is 0.159 e. The molecule has 0 amide bonds. The number of benzene rings is 2. The Bertz CT molecular complexity index is 836. The normalized spacial score (nSPS) is 12.5. The topological polar surface area (TPSA) is 52.2 Å². The number of likely N-dealkylation sites (N-methyl/N-ethyl adjacent to an activating group) is 1. The van der Waals surface area contributed by atoms with Crippen LogP contribution < -0.4 is 0 Å². The fraction of sp³-hybridized carbons (Fsp3) is 0.211. The summed E-state index contributed by atoms with van der Waals surface area (Å²) in [5, 5.41) is 10.2. The molecule has 130 valence electrons. The van der Waals surface area contributed by atoms with Crippen molar-refractivity contribution in [2.75, 3.05) is 13.6 Å². The standard InChI is InChI=1S/C19H19F2N3O/c1-24(11-18(25)14-7-8-15(20)16(21)9-14)12-19-22-10-17(23-19)13-5-3-2-4-6-13/h2-10,18,25H,11-12H2,1H3,(H,22,23). The molecule has 0 aliphatic heterocycles. The van der Waals surface area contributed by atoms with Crippen LogP contribution in [0.5, 0.6) is 0 Å². The Labute approximate surface area is 144 Å². The molecule has 1 unspecified atom stereocenters. The van der Waals surface area contributed by atoms with E-state index in [1.807, 2.05) is 42.3 Å². The van der Waals surface area contributed by atoms with Crippen molar-refractivity contribution in [3.63, 3.8) is 0 Å². The van der Waals surface area contributed by atoms with E-state index in [1.165, 1.54) is 6.07 Å². The van der Waals surface area contributed by atoms with Gasteiger partial charge in [-0.2, -0.15) is 0 Å². The first-order valence-corrected chi connectivity index (χ1v) is 7.94. The Hall–Kier alpha value is -2.57. The summed E-state index contributed by atoms with van der Waals surface area (Å²) in [6.07, 6.45) is 0.855. The minimum atomic E-state index is -0.960. The minimum absolute atomic E-state index is 0.270. The SMILES string of the molecule is CN(Cc1ncc(-c2ccccc2)[nH]1)CC(O)c1ccc(F)c(F)c1. The van der Waals surface area contributed by atoms with Crippen molar-refractivity contribution in [1.82, 2.24) is 14.9 Å². The van der Waals surface area contributed by atoms with Crippen LogP contribution in [0.2, 0.25) is 0 Å². The number of nitrogens with one attached hydrogen (secondary N) is 1. The average molecular weight is 343 g/mol. The largest absolute Gasteiger partial charge is 0.387 e. The van der Waals surface area contributed by atoms with E-state index in [-0.39, 0.29) is 6.54 Å². The highest BCUT2D eigenvalue weighted by Crippen LogP contribution is 2.19. The summed E-state index contributed by atoms with van der Waals surface area (Å²) >= 11 is 0. The second-order valence-corrected chi connectivity index (χ2v) is 6.00. The van der Waals surface area contributed by atoms with Gasteiger partial charge in [0.1, 0.15) is 5.82 Å². The van der Waals surface area contributed by atoms with Crippen LogP contribution in [0.25, 0.3) is 11.3 Å². The molecular formula is C19H19F2N3O. The maximum atomic E-state index is 13.3. The van der Waals surface area contributed by atoms with Gasteiger partial charge >= 0.3 is 0 Å². The molecule has 0 aliphatic carbocycles. The van der Waals surface area contributed by atoms with Crippen LogP contribution in [0.1, 0.15) is 17.5 Å². The second-order valence-electron chi connectivity index (χ2n) is 6.00. The molecule has 3 rings (SSSR count). The van der Waals surface area contributed by atoms with Crippen molar-refractivity contribution >= 4 is 0 Å². The number of aromatic nitrogens is 2. The quantitative estimate of drug-likeness (QED) is 0.720. The number of rotatable bonds is 6. The van der Waals surface area contributed by atoms with E-state index < -0.39 is 17.7 Å². The van der Waals surface area contributed by atoms with E-state index in [9.17, 15) is 13.9 Å². The summed E-state index contributed by atoms with van der Waals surface area (Å²) in [5.74, 6) is -1.12. The highest BCUT2D eigenvalue weighted by Gasteiger charge is 2.14. The molecule has 0 bridgehead atoms. The van der Waals surface area contributed by atoms with Crippen LogP contribution in [0, 0.1) is 11.6 Å². The highest BCUT2D eigenvalue weighted by molar-refractivity contribution is 5.57. The number of aliphatic hydroxyl groups is 1. The van der Waals surface area contributed by atoms with Crippen LogP contribution >= 0.6 is 0 Å². The van der Waals surface area contributed by atoms with E-state index in [0.29, 0.717) is 12.1 Å². The van der Waals surface area contributed by atoms with Crippen LogP contribution in [0.15, 0.2) is 54.7 Å². The zero-order chi connectivity index (χ0) is 17.8. The summed E-state index contributed by atoms with van der Waals surface area (Å²) in [5.41, 5.74) is 2.31. The van der Waals surface area contributed by atoms with Gasteiger partial charge in [0.15, 0.2) is 11.6 Å². The van der Waals surface area contributed by atoms with Gasteiger partial charge in [0, 0.05) is 6.54 Å². The number of hydrogen-bond donors (Lipinski definition) is 2. The zero-order valence-electron chi connectivity index (χ0n) is 13.8. The predicted octanol–water partition coefficient (Wildman–Crippen LogP) is 3.52. The van der Waals surface area contributed by atoms with Crippen LogP contribution in [0.4, 0.5) is 8.78 Å². The third-order valence-corrected chi connectivity index (χ3v) is 3.95. The molecule has 0 fully saturated rings. The Kier molecular flexibility index (Phi) is 5.21. The molecule has 4 nitrogen and oxygen atoms in total. The van der Waals surface area contributed by atoms with E-state index in [1.54, 1.807) is 6.20 Å². The molecule has 1 aromatic heterocycles. The van der Waals surface area contributed by atoms with Gasteiger partial charge in [-0.25, -0.2) is 13.8 Å². The smallest absolute Gasteiger partial charge is 0.159 e. The number of H-pyrrole nitrogens is 1. The molecule has 0 saturated heterocycles. The van der Waals surface area contributed by atoms with Crippen molar-refractivity contribution < 1.29 is 13.9 Å². The Balaban J connectivity index is 1.61. The van der Waals surface area contributed by atoms with Crippen LogP contribution in [0.3, 0.4) is 0 Å². The van der Waals surface area contributed by atoms with Crippen LogP contribution in [-0.4, -0.2) is 33.6 Å². The Morgan fingerprint density at radius 3 is 2.60 bits per heavy atom. The van der Waals surface area contributed by atoms with E-state index in [0.717, 1.165) is 29.2 Å². The highest BCUT2D eigenvalue weighted by atomic mass is 19.2. The van der Waals surface area contributed by atoms with Crippen LogP contribution in [-0.2, 0) is 6.54 Å². The molecular weight excluding hydrogens is 324 g/mol. The number of aromatic amines is 1. The molecule has 0 saturated carbocycles. The lowest BCUT2D eigenvalue weighted by Crippen LogP contribution is -2.24. The van der Waals surface area contributed by atoms with Crippen molar-refractivity contribution in [3.8, 4) is 11.3 Å². The summed E-state index contributed by atoms with van der Waals surface area (Å²) in [6.45, 7) is 0.764. The fourth-order valence-corrected chi connectivity index (χ4v) is 2.65. The zero-order valence-corrected chi connectivity index (χ0v) is 13.8. The van der Waals surface area contributed by atoms with E-state index in [4.69, 9.17) is 0 Å². The first-order chi connectivity index (χ1) is 12.0. The van der Waals surface area contributed by atoms with Gasteiger partial charge in [0.25, 0.3) is 0 Å². The molecule has 25 heavy (non-hydrogen) atoms. The van der Waals surface area contributed by atoms with Crippen molar-refractivity contribution in [1.29, 1.82) is 0 Å². The lowest BCUT2D eigenvalue weighted by Gasteiger charge is -2.20. The lowest BCUT2D eigenvalue weighted by molar-refractivity contribution is 0.122. The van der Waals surface area contributed by atoms with Crippen molar-refractivity contribution in [2.24, 2.45) is 0 Å². The Morgan fingerprint density at radius 1 is 1.12 bits per heavy atom. The van der Waals surface area contributed by atoms with Crippen molar-refractivity contribution in [2.45, 2.75) is 12.6 Å². The fourth-order valence-electron chi connectivity index (χ4n) is 2.65. The number of nitrogens with zero attached hydrogens (tertiary/aromatic N) is 2. The molecule has 0 radical (unpaired) electrons. The first kappa shape index (κ1) is 17.3. The molecule has 3 aromatic rings. The maximum absolute atomic E-state index is 13.3. The van der Waals surface area contributed by atoms with E-state index in [2.05, 4.69) is 9.97 Å². The molecule has 1 atom stereocenters. The number of imidazole rings is 1. The average Bonchev–Trinajstić information content (AvgIpc) is 3.06. The number of halogens is 2. The summed E-state index contributed by atoms with van der Waals surface area (Å²) in [4.78, 5) is 9.46. The second kappa shape index (κ2) is 7.55. The molecule has 0 spiro atoms. The van der Waals surface area contributed by atoms with Gasteiger partial charge in [0.2, 0.25) is 0 Å².